The van der Waals surface area contributed by atoms with Gasteiger partial charge in [0.2, 0.25) is 29.5 Å². The van der Waals surface area contributed by atoms with Gasteiger partial charge in [0.25, 0.3) is 0 Å². The lowest BCUT2D eigenvalue weighted by Gasteiger charge is -2.39. The number of nitrogens with one attached hydrogen (secondary N) is 4. The summed E-state index contributed by atoms with van der Waals surface area (Å²) in [4.78, 5) is 69.4. The van der Waals surface area contributed by atoms with Crippen LogP contribution in [0.1, 0.15) is 55.0 Å². The number of carbonyl (C=O) groups excluding carboxylic acids is 5. The number of hydrogen-bond donors (Lipinski definition) is 6. The van der Waals surface area contributed by atoms with Gasteiger partial charge in [-0.3, -0.25) is 24.0 Å². The Labute approximate surface area is 272 Å². The Morgan fingerprint density at radius 2 is 1.40 bits per heavy atom. The Hall–Kier alpha value is -5.45. The molecule has 0 fully saturated rings. The first-order valence-electron chi connectivity index (χ1n) is 15.7. The molecule has 0 radical (unpaired) electrons. The highest BCUT2D eigenvalue weighted by Gasteiger charge is 2.46. The first-order chi connectivity index (χ1) is 22.5. The highest BCUT2D eigenvalue weighted by molar-refractivity contribution is 5.99. The van der Waals surface area contributed by atoms with Gasteiger partial charge in [0, 0.05) is 23.0 Å². The molecule has 5 rings (SSSR count). The molecule has 1 heterocycles. The average Bonchev–Trinajstić information content (AvgIpc) is 3.41. The lowest BCUT2D eigenvalue weighted by molar-refractivity contribution is -0.138. The number of rotatable bonds is 12. The number of H-pyrrole nitrogens is 1. The second-order valence-corrected chi connectivity index (χ2v) is 12.5. The standard InChI is InChI=1S/C36H40N6O5/c1-21(2)31(34(46)40-28(32(38)44)19-29(37)43)41-35(47)36(18-17-27-25(20-36)24-15-9-10-16-26(24)39-27)42-33(45)30(22-11-5-3-6-12-22)23-13-7-4-8-14-23/h3-16,21,28,30-31,39H,17-20H2,1-2H3,(H2,37,43)(H2,38,44)(H,40,46)(H,41,47)(H,42,45)/t28-,31-,36-/m0/s1. The van der Waals surface area contributed by atoms with Gasteiger partial charge >= 0.3 is 0 Å². The van der Waals surface area contributed by atoms with Crippen LogP contribution in [-0.2, 0) is 36.8 Å². The molecule has 11 nitrogen and oxygen atoms in total. The fraction of sp³-hybridized carbons (Fsp3) is 0.306. The maximum absolute atomic E-state index is 14.6. The Morgan fingerprint density at radius 1 is 0.809 bits per heavy atom. The first kappa shape index (κ1) is 32.9. The number of aromatic amines is 1. The van der Waals surface area contributed by atoms with Crippen LogP contribution in [0.25, 0.3) is 10.9 Å². The molecule has 1 aliphatic carbocycles. The van der Waals surface area contributed by atoms with Crippen LogP contribution < -0.4 is 27.4 Å². The summed E-state index contributed by atoms with van der Waals surface area (Å²) in [5.74, 6) is -4.48. The topological polar surface area (TPSA) is 189 Å². The molecule has 4 aromatic rings. The van der Waals surface area contributed by atoms with Gasteiger partial charge in [0.1, 0.15) is 17.6 Å². The van der Waals surface area contributed by atoms with Crippen molar-refractivity contribution >= 4 is 40.4 Å². The molecule has 5 amide bonds. The number of fused-ring (bicyclic) bond motifs is 3. The van der Waals surface area contributed by atoms with Gasteiger partial charge in [-0.05, 0) is 41.5 Å². The number of para-hydroxylation sites is 1. The smallest absolute Gasteiger partial charge is 0.246 e. The van der Waals surface area contributed by atoms with Crippen molar-refractivity contribution in [3.05, 3.63) is 107 Å². The third-order valence-electron chi connectivity index (χ3n) is 8.81. The molecule has 3 aromatic carbocycles. The van der Waals surface area contributed by atoms with Gasteiger partial charge in [-0.15, -0.1) is 0 Å². The second kappa shape index (κ2) is 13.9. The summed E-state index contributed by atoms with van der Waals surface area (Å²) >= 11 is 0. The molecule has 244 valence electrons. The molecule has 1 aromatic heterocycles. The fourth-order valence-corrected chi connectivity index (χ4v) is 6.35. The van der Waals surface area contributed by atoms with E-state index in [2.05, 4.69) is 20.9 Å². The lowest BCUT2D eigenvalue weighted by atomic mass is 9.77. The van der Waals surface area contributed by atoms with Crippen molar-refractivity contribution in [2.45, 2.75) is 63.1 Å². The van der Waals surface area contributed by atoms with Crippen molar-refractivity contribution < 1.29 is 24.0 Å². The number of amides is 5. The quantitative estimate of drug-likeness (QED) is 0.139. The predicted molar refractivity (Wildman–Crippen MR) is 178 cm³/mol. The normalized spacial score (nSPS) is 17.0. The molecular weight excluding hydrogens is 596 g/mol. The lowest BCUT2D eigenvalue weighted by Crippen LogP contribution is -2.65. The number of benzene rings is 3. The van der Waals surface area contributed by atoms with Crippen molar-refractivity contribution in [1.82, 2.24) is 20.9 Å². The van der Waals surface area contributed by atoms with Gasteiger partial charge in [-0.2, -0.15) is 0 Å². The SMILES string of the molecule is CC(C)[C@H](NC(=O)[C@]1(NC(=O)C(c2ccccc2)c2ccccc2)CCc2[nH]c3ccccc3c2C1)C(=O)N[C@@H](CC(N)=O)C(N)=O. The van der Waals surface area contributed by atoms with E-state index in [1.807, 2.05) is 84.9 Å². The second-order valence-electron chi connectivity index (χ2n) is 12.5. The van der Waals surface area contributed by atoms with E-state index >= 15 is 0 Å². The fourth-order valence-electron chi connectivity index (χ4n) is 6.35. The average molecular weight is 637 g/mol. The van der Waals surface area contributed by atoms with E-state index in [9.17, 15) is 24.0 Å². The largest absolute Gasteiger partial charge is 0.370 e. The number of primary amides is 2. The molecule has 1 aliphatic rings. The number of hydrogen-bond acceptors (Lipinski definition) is 5. The summed E-state index contributed by atoms with van der Waals surface area (Å²) < 4.78 is 0. The van der Waals surface area contributed by atoms with Gasteiger partial charge in [-0.1, -0.05) is 92.7 Å². The van der Waals surface area contributed by atoms with Gasteiger partial charge < -0.3 is 32.4 Å². The molecule has 0 unspecified atom stereocenters. The third-order valence-corrected chi connectivity index (χ3v) is 8.81. The minimum absolute atomic E-state index is 0.179. The predicted octanol–water partition coefficient (Wildman–Crippen LogP) is 2.33. The molecule has 0 saturated carbocycles. The van der Waals surface area contributed by atoms with Gasteiger partial charge in [-0.25, -0.2) is 0 Å². The highest BCUT2D eigenvalue weighted by Crippen LogP contribution is 2.36. The van der Waals surface area contributed by atoms with Crippen LogP contribution in [0.4, 0.5) is 0 Å². The van der Waals surface area contributed by atoms with Crippen LogP contribution in [0.15, 0.2) is 84.9 Å². The van der Waals surface area contributed by atoms with Crippen LogP contribution in [0.2, 0.25) is 0 Å². The molecular formula is C36H40N6O5. The molecule has 0 bridgehead atoms. The van der Waals surface area contributed by atoms with E-state index in [0.717, 1.165) is 33.3 Å². The zero-order valence-electron chi connectivity index (χ0n) is 26.4. The summed E-state index contributed by atoms with van der Waals surface area (Å²) in [6.45, 7) is 3.48. The monoisotopic (exact) mass is 636 g/mol. The molecule has 3 atom stereocenters. The Balaban J connectivity index is 1.52. The first-order valence-corrected chi connectivity index (χ1v) is 15.7. The van der Waals surface area contributed by atoms with E-state index in [1.165, 1.54) is 0 Å². The maximum Gasteiger partial charge on any atom is 0.246 e. The van der Waals surface area contributed by atoms with Crippen molar-refractivity contribution in [1.29, 1.82) is 0 Å². The van der Waals surface area contributed by atoms with E-state index in [0.29, 0.717) is 6.42 Å². The van der Waals surface area contributed by atoms with E-state index in [4.69, 9.17) is 11.5 Å². The van der Waals surface area contributed by atoms with Gasteiger partial charge in [0.05, 0.1) is 12.3 Å². The highest BCUT2D eigenvalue weighted by atomic mass is 16.2. The zero-order chi connectivity index (χ0) is 33.7. The summed E-state index contributed by atoms with van der Waals surface area (Å²) in [6, 6.07) is 24.1. The van der Waals surface area contributed by atoms with Crippen LogP contribution >= 0.6 is 0 Å². The molecule has 8 N–H and O–H groups in total. The van der Waals surface area contributed by atoms with Crippen LogP contribution in [0, 0.1) is 5.92 Å². The van der Waals surface area contributed by atoms with Crippen molar-refractivity contribution in [3.8, 4) is 0 Å². The molecule has 47 heavy (non-hydrogen) atoms. The molecule has 0 saturated heterocycles. The molecule has 0 aliphatic heterocycles. The summed E-state index contributed by atoms with van der Waals surface area (Å²) in [7, 11) is 0. The number of aromatic nitrogens is 1. The van der Waals surface area contributed by atoms with E-state index in [1.54, 1.807) is 13.8 Å². The Bertz CT molecular complexity index is 1750. The number of carbonyl (C=O) groups is 5. The number of aryl methyl sites for hydroxylation is 1. The third kappa shape index (κ3) is 7.19. The maximum atomic E-state index is 14.6. The van der Waals surface area contributed by atoms with Crippen LogP contribution in [0.5, 0.6) is 0 Å². The minimum atomic E-state index is -1.43. The van der Waals surface area contributed by atoms with Crippen LogP contribution in [0.3, 0.4) is 0 Å². The molecule has 0 spiro atoms. The van der Waals surface area contributed by atoms with Crippen molar-refractivity contribution in [3.63, 3.8) is 0 Å². The summed E-state index contributed by atoms with van der Waals surface area (Å²) in [5.41, 5.74) is 13.6. The van der Waals surface area contributed by atoms with Gasteiger partial charge in [0.15, 0.2) is 0 Å². The number of nitrogens with two attached hydrogens (primary N) is 2. The minimum Gasteiger partial charge on any atom is -0.370 e. The van der Waals surface area contributed by atoms with Crippen LogP contribution in [-0.4, -0.2) is 52.1 Å². The van der Waals surface area contributed by atoms with E-state index in [-0.39, 0.29) is 18.7 Å². The zero-order valence-corrected chi connectivity index (χ0v) is 26.4. The van der Waals surface area contributed by atoms with Crippen molar-refractivity contribution in [2.24, 2.45) is 17.4 Å². The van der Waals surface area contributed by atoms with Crippen molar-refractivity contribution in [2.75, 3.05) is 0 Å². The Morgan fingerprint density at radius 3 is 1.98 bits per heavy atom. The summed E-state index contributed by atoms with van der Waals surface area (Å²) in [6.07, 6.45) is 0.431. The Kier molecular flexibility index (Phi) is 9.74. The molecule has 11 heteroatoms. The summed E-state index contributed by atoms with van der Waals surface area (Å²) in [5, 5.41) is 9.45. The van der Waals surface area contributed by atoms with E-state index < -0.39 is 59.5 Å².